The number of carbonyl (C=O) groups is 1. The molecule has 92 valence electrons. The van der Waals surface area contributed by atoms with Gasteiger partial charge in [0.1, 0.15) is 5.75 Å². The maximum absolute atomic E-state index is 11.8. The van der Waals surface area contributed by atoms with E-state index in [2.05, 4.69) is 4.74 Å². The number of nitro groups is 1. The first-order chi connectivity index (χ1) is 7.70. The fraction of sp³-hybridized carbons (Fsp3) is 0.125. The highest BCUT2D eigenvalue weighted by atomic mass is 19.4. The number of rotatable bonds is 3. The van der Waals surface area contributed by atoms with Crippen LogP contribution in [-0.4, -0.2) is 17.3 Å². The van der Waals surface area contributed by atoms with E-state index >= 15 is 0 Å². The second-order valence-corrected chi connectivity index (χ2v) is 2.77. The number of halogens is 3. The Morgan fingerprint density at radius 3 is 2.35 bits per heavy atom. The number of hydrogen-bond donors (Lipinski definition) is 0. The quantitative estimate of drug-likeness (QED) is 0.585. The van der Waals surface area contributed by atoms with Gasteiger partial charge in [0.2, 0.25) is 0 Å². The summed E-state index contributed by atoms with van der Waals surface area (Å²) in [6.45, 7) is 0. The van der Waals surface area contributed by atoms with Crippen molar-refractivity contribution in [1.82, 2.24) is 0 Å². The fourth-order valence-electron chi connectivity index (χ4n) is 1.03. The Balaban J connectivity index is 3.19. The van der Waals surface area contributed by atoms with E-state index < -0.39 is 34.3 Å². The normalized spacial score (nSPS) is 11.0. The van der Waals surface area contributed by atoms with Crippen molar-refractivity contribution >= 4 is 11.7 Å². The number of benzene rings is 1. The zero-order chi connectivity index (χ0) is 13.2. The lowest BCUT2D eigenvalue weighted by Crippen LogP contribution is -2.23. The van der Waals surface area contributed by atoms with Crippen LogP contribution in [0.5, 0.6) is 5.75 Å². The molecular formula is C8H3F3NO5-. The van der Waals surface area contributed by atoms with Gasteiger partial charge in [-0.05, 0) is 12.1 Å². The van der Waals surface area contributed by atoms with Crippen LogP contribution in [0.25, 0.3) is 0 Å². The molecule has 0 bridgehead atoms. The molecule has 0 aromatic heterocycles. The molecule has 0 saturated carbocycles. The third-order valence-corrected chi connectivity index (χ3v) is 1.62. The lowest BCUT2D eigenvalue weighted by atomic mass is 10.2. The summed E-state index contributed by atoms with van der Waals surface area (Å²) in [5, 5.41) is 20.9. The Labute approximate surface area is 91.4 Å². The van der Waals surface area contributed by atoms with Gasteiger partial charge in [0, 0.05) is 0 Å². The average Bonchev–Trinajstić information content (AvgIpc) is 2.14. The molecule has 1 aromatic rings. The number of nitrogens with zero attached hydrogens (tertiary/aromatic N) is 1. The number of carboxylic acids is 1. The number of hydrogen-bond acceptors (Lipinski definition) is 5. The average molecular weight is 250 g/mol. The summed E-state index contributed by atoms with van der Waals surface area (Å²) in [5.41, 5.74) is -1.86. The van der Waals surface area contributed by atoms with E-state index in [4.69, 9.17) is 0 Å². The van der Waals surface area contributed by atoms with Crippen molar-refractivity contribution < 1.29 is 32.7 Å². The van der Waals surface area contributed by atoms with Crippen molar-refractivity contribution in [3.05, 3.63) is 33.9 Å². The van der Waals surface area contributed by atoms with Crippen molar-refractivity contribution in [3.63, 3.8) is 0 Å². The highest BCUT2D eigenvalue weighted by Crippen LogP contribution is 2.28. The molecule has 6 nitrogen and oxygen atoms in total. The predicted octanol–water partition coefficient (Wildman–Crippen LogP) is 0.857. The first-order valence-corrected chi connectivity index (χ1v) is 3.96. The summed E-state index contributed by atoms with van der Waals surface area (Å²) in [6, 6.07) is 1.61. The summed E-state index contributed by atoms with van der Waals surface area (Å²) in [4.78, 5) is 19.7. The SMILES string of the molecule is O=C([O-])c1ccc(OC(F)(F)F)cc1[N+](=O)[O-]. The molecule has 0 N–H and O–H groups in total. The predicted molar refractivity (Wildman–Crippen MR) is 44.1 cm³/mol. The number of nitro benzene ring substituents is 1. The third kappa shape index (κ3) is 3.33. The molecule has 0 aliphatic rings. The van der Waals surface area contributed by atoms with Crippen LogP contribution in [0.15, 0.2) is 18.2 Å². The highest BCUT2D eigenvalue weighted by Gasteiger charge is 2.32. The van der Waals surface area contributed by atoms with Crippen molar-refractivity contribution in [1.29, 1.82) is 0 Å². The van der Waals surface area contributed by atoms with Crippen LogP contribution in [-0.2, 0) is 0 Å². The van der Waals surface area contributed by atoms with Gasteiger partial charge >= 0.3 is 6.36 Å². The summed E-state index contributed by atoms with van der Waals surface area (Å²) < 4.78 is 38.8. The Hall–Kier alpha value is -2.32. The van der Waals surface area contributed by atoms with E-state index in [9.17, 15) is 33.2 Å². The Morgan fingerprint density at radius 2 is 1.94 bits per heavy atom. The van der Waals surface area contributed by atoms with Gasteiger partial charge in [-0.1, -0.05) is 0 Å². The topological polar surface area (TPSA) is 92.5 Å². The first kappa shape index (κ1) is 12.7. The van der Waals surface area contributed by atoms with E-state index in [1.54, 1.807) is 0 Å². The monoisotopic (exact) mass is 250 g/mol. The highest BCUT2D eigenvalue weighted by molar-refractivity contribution is 5.91. The van der Waals surface area contributed by atoms with E-state index in [-0.39, 0.29) is 0 Å². The van der Waals surface area contributed by atoms with Crippen LogP contribution in [0.1, 0.15) is 10.4 Å². The molecule has 1 rings (SSSR count). The van der Waals surface area contributed by atoms with Gasteiger partial charge in [-0.25, -0.2) is 0 Å². The lowest BCUT2D eigenvalue weighted by molar-refractivity contribution is -0.386. The number of ether oxygens (including phenoxy) is 1. The minimum atomic E-state index is -5.02. The van der Waals surface area contributed by atoms with Gasteiger partial charge in [0.25, 0.3) is 5.69 Å². The molecular weight excluding hydrogens is 247 g/mol. The van der Waals surface area contributed by atoms with E-state index in [1.807, 2.05) is 0 Å². The molecule has 0 aliphatic carbocycles. The van der Waals surface area contributed by atoms with E-state index in [0.29, 0.717) is 18.2 Å². The summed E-state index contributed by atoms with van der Waals surface area (Å²) in [7, 11) is 0. The van der Waals surface area contributed by atoms with Crippen molar-refractivity contribution in [2.75, 3.05) is 0 Å². The minimum absolute atomic E-state index is 0.360. The molecule has 0 atom stereocenters. The molecule has 17 heavy (non-hydrogen) atoms. The number of aromatic carboxylic acids is 1. The lowest BCUT2D eigenvalue weighted by Gasteiger charge is -2.10. The Kier molecular flexibility index (Phi) is 3.21. The zero-order valence-corrected chi connectivity index (χ0v) is 7.85. The molecule has 0 spiro atoms. The zero-order valence-electron chi connectivity index (χ0n) is 7.85. The minimum Gasteiger partial charge on any atom is -0.545 e. The van der Waals surface area contributed by atoms with Gasteiger partial charge in [0.05, 0.1) is 22.5 Å². The Morgan fingerprint density at radius 1 is 1.35 bits per heavy atom. The summed E-state index contributed by atoms with van der Waals surface area (Å²) in [6.07, 6.45) is -5.02. The van der Waals surface area contributed by atoms with Crippen molar-refractivity contribution in [2.24, 2.45) is 0 Å². The second-order valence-electron chi connectivity index (χ2n) is 2.77. The molecule has 0 unspecified atom stereocenters. The molecule has 1 aromatic carbocycles. The van der Waals surface area contributed by atoms with Crippen LogP contribution in [0.3, 0.4) is 0 Å². The maximum atomic E-state index is 11.8. The van der Waals surface area contributed by atoms with E-state index in [1.165, 1.54) is 0 Å². The molecule has 0 aliphatic heterocycles. The molecule has 0 amide bonds. The van der Waals surface area contributed by atoms with Crippen LogP contribution < -0.4 is 9.84 Å². The van der Waals surface area contributed by atoms with Crippen LogP contribution in [0.2, 0.25) is 0 Å². The van der Waals surface area contributed by atoms with Gasteiger partial charge in [-0.15, -0.1) is 13.2 Å². The summed E-state index contributed by atoms with van der Waals surface area (Å²) >= 11 is 0. The Bertz CT molecular complexity index is 471. The van der Waals surface area contributed by atoms with Crippen molar-refractivity contribution in [3.8, 4) is 5.75 Å². The molecule has 0 fully saturated rings. The first-order valence-electron chi connectivity index (χ1n) is 3.96. The number of carbonyl (C=O) groups excluding carboxylic acids is 1. The largest absolute Gasteiger partial charge is 0.573 e. The van der Waals surface area contributed by atoms with Crippen LogP contribution >= 0.6 is 0 Å². The smallest absolute Gasteiger partial charge is 0.545 e. The van der Waals surface area contributed by atoms with Crippen LogP contribution in [0, 0.1) is 10.1 Å². The maximum Gasteiger partial charge on any atom is 0.573 e. The van der Waals surface area contributed by atoms with E-state index in [0.717, 1.165) is 0 Å². The molecule has 0 saturated heterocycles. The third-order valence-electron chi connectivity index (χ3n) is 1.62. The molecule has 9 heteroatoms. The fourth-order valence-corrected chi connectivity index (χ4v) is 1.03. The molecule has 0 radical (unpaired) electrons. The van der Waals surface area contributed by atoms with Gasteiger partial charge < -0.3 is 14.6 Å². The van der Waals surface area contributed by atoms with Gasteiger partial charge in [-0.3, -0.25) is 10.1 Å². The molecule has 0 heterocycles. The number of carboxylic acid groups (broad SMARTS) is 1. The van der Waals surface area contributed by atoms with Gasteiger partial charge in [-0.2, -0.15) is 0 Å². The van der Waals surface area contributed by atoms with Crippen LogP contribution in [0.4, 0.5) is 18.9 Å². The van der Waals surface area contributed by atoms with Gasteiger partial charge in [0.15, 0.2) is 0 Å². The summed E-state index contributed by atoms with van der Waals surface area (Å²) in [5.74, 6) is -2.75. The second kappa shape index (κ2) is 4.28. The number of alkyl halides is 3. The van der Waals surface area contributed by atoms with Crippen molar-refractivity contribution in [2.45, 2.75) is 6.36 Å². The standard InChI is InChI=1S/C8H4F3NO5/c9-8(10,11)17-4-1-2-5(7(13)14)6(3-4)12(15)16/h1-3H,(H,13,14)/p-1.